The molecule has 2 aliphatic carbocycles. The lowest BCUT2D eigenvalue weighted by Crippen LogP contribution is -2.48. The van der Waals surface area contributed by atoms with Gasteiger partial charge in [0.15, 0.2) is 0 Å². The van der Waals surface area contributed by atoms with Gasteiger partial charge in [-0.15, -0.1) is 0 Å². The van der Waals surface area contributed by atoms with Crippen LogP contribution in [0.4, 0.5) is 0 Å². The number of aliphatic hydroxyl groups is 1. The van der Waals surface area contributed by atoms with Crippen LogP contribution in [0.1, 0.15) is 58.3 Å². The van der Waals surface area contributed by atoms with Crippen molar-refractivity contribution < 1.29 is 9.90 Å². The number of nitrogens with one attached hydrogen (secondary N) is 1. The van der Waals surface area contributed by atoms with Gasteiger partial charge < -0.3 is 10.4 Å². The van der Waals surface area contributed by atoms with Gasteiger partial charge in [0.1, 0.15) is 0 Å². The largest absolute Gasteiger partial charge is 0.392 e. The van der Waals surface area contributed by atoms with Crippen molar-refractivity contribution in [2.45, 2.75) is 76.5 Å². The highest BCUT2D eigenvalue weighted by molar-refractivity contribution is 5.93. The molecule has 0 aromatic heterocycles. The maximum absolute atomic E-state index is 12.5. The van der Waals surface area contributed by atoms with Crippen LogP contribution in [0.15, 0.2) is 11.1 Å². The number of nitrogens with zero attached hydrogens (tertiary/aromatic N) is 1. The van der Waals surface area contributed by atoms with E-state index < -0.39 is 0 Å². The number of amides is 1. The molecule has 4 nitrogen and oxygen atoms in total. The third-order valence-electron chi connectivity index (χ3n) is 5.54. The molecule has 1 unspecified atom stereocenters. The Bertz CT molecular complexity index is 425. The number of rotatable bonds is 3. The molecule has 1 saturated heterocycles. The summed E-state index contributed by atoms with van der Waals surface area (Å²) in [4.78, 5) is 14.8. The first kappa shape index (κ1) is 15.0. The van der Waals surface area contributed by atoms with Crippen molar-refractivity contribution in [1.29, 1.82) is 0 Å². The van der Waals surface area contributed by atoms with E-state index in [1.54, 1.807) is 0 Å². The zero-order chi connectivity index (χ0) is 14.8. The second-order valence-electron chi connectivity index (χ2n) is 6.95. The maximum atomic E-state index is 12.5. The molecule has 1 amide bonds. The molecule has 3 atom stereocenters. The summed E-state index contributed by atoms with van der Waals surface area (Å²) in [6.07, 6.45) is 8.77. The molecule has 21 heavy (non-hydrogen) atoms. The molecular weight excluding hydrogens is 264 g/mol. The zero-order valence-electron chi connectivity index (χ0n) is 13.1. The number of carbonyl (C=O) groups is 1. The monoisotopic (exact) mass is 292 g/mol. The van der Waals surface area contributed by atoms with Gasteiger partial charge in [0, 0.05) is 30.7 Å². The van der Waals surface area contributed by atoms with Crippen molar-refractivity contribution in [2.24, 2.45) is 0 Å². The van der Waals surface area contributed by atoms with Crippen LogP contribution in [0.3, 0.4) is 0 Å². The topological polar surface area (TPSA) is 52.6 Å². The molecule has 0 bridgehead atoms. The van der Waals surface area contributed by atoms with E-state index in [1.807, 2.05) is 6.92 Å². The Labute approximate surface area is 127 Å². The van der Waals surface area contributed by atoms with Crippen LogP contribution in [-0.4, -0.2) is 47.2 Å². The van der Waals surface area contributed by atoms with Gasteiger partial charge in [0.25, 0.3) is 0 Å². The lowest BCUT2D eigenvalue weighted by molar-refractivity contribution is -0.118. The minimum absolute atomic E-state index is 0.142. The Balaban J connectivity index is 1.61. The second-order valence-corrected chi connectivity index (χ2v) is 6.95. The first-order chi connectivity index (χ1) is 10.1. The molecule has 1 heterocycles. The predicted octanol–water partition coefficient (Wildman–Crippen LogP) is 1.98. The predicted molar refractivity (Wildman–Crippen MR) is 82.9 cm³/mol. The van der Waals surface area contributed by atoms with Crippen molar-refractivity contribution in [3.05, 3.63) is 11.1 Å². The van der Waals surface area contributed by atoms with E-state index in [2.05, 4.69) is 10.2 Å². The standard InChI is InChI=1S/C17H28N2O2/c1-12(13-5-2-3-6-13)17(21)18-15-7-4-8-16(15)19-10-9-14(20)11-19/h14-16,20H,2-11H2,1H3,(H,18,21)/t14?,15-,16+/m1/s1. The summed E-state index contributed by atoms with van der Waals surface area (Å²) in [7, 11) is 0. The molecule has 2 saturated carbocycles. The van der Waals surface area contributed by atoms with Gasteiger partial charge in [-0.05, 0) is 58.3 Å². The fourth-order valence-corrected chi connectivity index (χ4v) is 4.23. The first-order valence-electron chi connectivity index (χ1n) is 8.57. The highest BCUT2D eigenvalue weighted by atomic mass is 16.3. The van der Waals surface area contributed by atoms with Crippen molar-refractivity contribution >= 4 is 5.91 Å². The van der Waals surface area contributed by atoms with Gasteiger partial charge >= 0.3 is 0 Å². The minimum Gasteiger partial charge on any atom is -0.392 e. The molecule has 0 aromatic rings. The number of β-amino-alcohol motifs (C(OH)–C–C–N with tert-alkyl or cyclic N) is 1. The van der Waals surface area contributed by atoms with E-state index in [9.17, 15) is 9.90 Å². The van der Waals surface area contributed by atoms with Gasteiger partial charge in [-0.1, -0.05) is 5.57 Å². The summed E-state index contributed by atoms with van der Waals surface area (Å²) < 4.78 is 0. The molecule has 0 aromatic carbocycles. The van der Waals surface area contributed by atoms with E-state index in [-0.39, 0.29) is 18.1 Å². The summed E-state index contributed by atoms with van der Waals surface area (Å²) >= 11 is 0. The quantitative estimate of drug-likeness (QED) is 0.782. The molecule has 2 N–H and O–H groups in total. The average molecular weight is 292 g/mol. The summed E-state index contributed by atoms with van der Waals surface area (Å²) in [6, 6.07) is 0.687. The molecule has 3 fully saturated rings. The molecule has 1 aliphatic heterocycles. The third kappa shape index (κ3) is 3.32. The third-order valence-corrected chi connectivity index (χ3v) is 5.54. The zero-order valence-corrected chi connectivity index (χ0v) is 13.1. The van der Waals surface area contributed by atoms with Crippen molar-refractivity contribution in [3.8, 4) is 0 Å². The maximum Gasteiger partial charge on any atom is 0.247 e. The van der Waals surface area contributed by atoms with Gasteiger partial charge in [-0.25, -0.2) is 0 Å². The van der Waals surface area contributed by atoms with Crippen molar-refractivity contribution in [3.63, 3.8) is 0 Å². The number of aliphatic hydroxyl groups excluding tert-OH is 1. The Morgan fingerprint density at radius 3 is 2.62 bits per heavy atom. The van der Waals surface area contributed by atoms with Crippen LogP contribution < -0.4 is 5.32 Å². The number of allylic oxidation sites excluding steroid dienone is 1. The molecule has 3 rings (SSSR count). The first-order valence-corrected chi connectivity index (χ1v) is 8.57. The fraction of sp³-hybridized carbons (Fsp3) is 0.824. The highest BCUT2D eigenvalue weighted by Gasteiger charge is 2.36. The van der Waals surface area contributed by atoms with E-state index in [1.165, 1.54) is 24.8 Å². The lowest BCUT2D eigenvalue weighted by Gasteiger charge is -2.30. The second kappa shape index (κ2) is 6.49. The van der Waals surface area contributed by atoms with Crippen molar-refractivity contribution in [1.82, 2.24) is 10.2 Å². The van der Waals surface area contributed by atoms with Gasteiger partial charge in [0.2, 0.25) is 5.91 Å². The number of hydrogen-bond acceptors (Lipinski definition) is 3. The molecular formula is C17H28N2O2. The van der Waals surface area contributed by atoms with E-state index in [0.29, 0.717) is 6.04 Å². The molecule has 0 radical (unpaired) electrons. The molecule has 4 heteroatoms. The van der Waals surface area contributed by atoms with Gasteiger partial charge in [0.05, 0.1) is 6.10 Å². The molecule has 0 spiro atoms. The Morgan fingerprint density at radius 1 is 1.19 bits per heavy atom. The molecule has 3 aliphatic rings. The van der Waals surface area contributed by atoms with Crippen LogP contribution in [0, 0.1) is 0 Å². The normalized spacial score (nSPS) is 33.6. The van der Waals surface area contributed by atoms with E-state index in [0.717, 1.165) is 50.8 Å². The highest BCUT2D eigenvalue weighted by Crippen LogP contribution is 2.29. The summed E-state index contributed by atoms with van der Waals surface area (Å²) in [5, 5.41) is 13.0. The fourth-order valence-electron chi connectivity index (χ4n) is 4.23. The van der Waals surface area contributed by atoms with Crippen LogP contribution >= 0.6 is 0 Å². The van der Waals surface area contributed by atoms with Crippen LogP contribution in [0.5, 0.6) is 0 Å². The number of carbonyl (C=O) groups excluding carboxylic acids is 1. The minimum atomic E-state index is -0.177. The smallest absolute Gasteiger partial charge is 0.247 e. The number of likely N-dealkylation sites (tertiary alicyclic amines) is 1. The SMILES string of the molecule is CC(C(=O)N[C@@H]1CCC[C@@H]1N1CCC(O)C1)=C1CCCC1. The van der Waals surface area contributed by atoms with Crippen LogP contribution in [-0.2, 0) is 4.79 Å². The van der Waals surface area contributed by atoms with Gasteiger partial charge in [-0.3, -0.25) is 9.69 Å². The number of hydrogen-bond donors (Lipinski definition) is 2. The molecule has 118 valence electrons. The van der Waals surface area contributed by atoms with Crippen LogP contribution in [0.25, 0.3) is 0 Å². The Kier molecular flexibility index (Phi) is 4.65. The van der Waals surface area contributed by atoms with E-state index in [4.69, 9.17) is 0 Å². The average Bonchev–Trinajstić information content (AvgIpc) is 3.17. The summed E-state index contributed by atoms with van der Waals surface area (Å²) in [5.41, 5.74) is 2.32. The van der Waals surface area contributed by atoms with E-state index >= 15 is 0 Å². The Hall–Kier alpha value is -0.870. The van der Waals surface area contributed by atoms with Crippen molar-refractivity contribution in [2.75, 3.05) is 13.1 Å². The summed E-state index contributed by atoms with van der Waals surface area (Å²) in [6.45, 7) is 3.73. The Morgan fingerprint density at radius 2 is 1.95 bits per heavy atom. The lowest BCUT2D eigenvalue weighted by atomic mass is 10.1. The summed E-state index contributed by atoms with van der Waals surface area (Å²) in [5.74, 6) is 0.142. The van der Waals surface area contributed by atoms with Gasteiger partial charge in [-0.2, -0.15) is 0 Å². The van der Waals surface area contributed by atoms with Crippen LogP contribution in [0.2, 0.25) is 0 Å².